The van der Waals surface area contributed by atoms with Crippen LogP contribution in [-0.4, -0.2) is 36.4 Å². The van der Waals surface area contributed by atoms with Crippen LogP contribution in [0.15, 0.2) is 38.7 Å². The first-order valence-corrected chi connectivity index (χ1v) is 10.1. The van der Waals surface area contributed by atoms with E-state index in [4.69, 9.17) is 4.74 Å². The van der Waals surface area contributed by atoms with E-state index in [-0.39, 0.29) is 22.1 Å². The lowest BCUT2D eigenvalue weighted by molar-refractivity contribution is 0.0521. The van der Waals surface area contributed by atoms with E-state index in [0.29, 0.717) is 5.69 Å². The number of halogens is 1. The van der Waals surface area contributed by atoms with Crippen LogP contribution in [0.4, 0.5) is 0 Å². The molecule has 2 rings (SSSR count). The minimum absolute atomic E-state index is 0.0916. The third kappa shape index (κ3) is 3.46. The number of aromatic nitrogens is 2. The summed E-state index contributed by atoms with van der Waals surface area (Å²) in [5, 5.41) is 4.29. The molecule has 0 bridgehead atoms. The highest BCUT2D eigenvalue weighted by Crippen LogP contribution is 2.28. The number of aryl methyl sites for hydroxylation is 1. The molecule has 0 aliphatic heterocycles. The van der Waals surface area contributed by atoms with Gasteiger partial charge in [-0.15, -0.1) is 15.8 Å². The molecule has 1 aromatic carbocycles. The van der Waals surface area contributed by atoms with E-state index >= 15 is 0 Å². The number of carbonyl (C=O) groups is 1. The zero-order valence-corrected chi connectivity index (χ0v) is 16.0. The van der Waals surface area contributed by atoms with E-state index in [9.17, 15) is 13.2 Å². The normalized spacial score (nSPS) is 11.5. The summed E-state index contributed by atoms with van der Waals surface area (Å²) in [6.07, 6.45) is 1.69. The lowest BCUT2D eigenvalue weighted by atomic mass is 10.3. The van der Waals surface area contributed by atoms with Gasteiger partial charge < -0.3 is 4.74 Å². The monoisotopic (exact) mass is 418 g/mol. The van der Waals surface area contributed by atoms with Crippen molar-refractivity contribution in [2.75, 3.05) is 12.9 Å². The van der Waals surface area contributed by atoms with Crippen molar-refractivity contribution in [3.63, 3.8) is 0 Å². The number of carbonyl (C=O) groups excluding carboxylic acids is 1. The summed E-state index contributed by atoms with van der Waals surface area (Å²) >= 11 is 4.40. The summed E-state index contributed by atoms with van der Waals surface area (Å²) in [5.41, 5.74) is 0.494. The fourth-order valence-corrected chi connectivity index (χ4v) is 4.60. The number of ether oxygens (including phenoxy) is 1. The Bertz CT molecular complexity index is 829. The average molecular weight is 419 g/mol. The molecule has 0 aliphatic rings. The van der Waals surface area contributed by atoms with Crippen LogP contribution in [0, 0.1) is 6.92 Å². The molecule has 0 amide bonds. The van der Waals surface area contributed by atoms with Crippen LogP contribution in [0.2, 0.25) is 0 Å². The Kier molecular flexibility index (Phi) is 5.53. The summed E-state index contributed by atoms with van der Waals surface area (Å²) in [6.45, 7) is 3.48. The SMILES string of the molecule is CCOC(=O)c1c(C)nn(S(=O)(=O)c2ccc(Br)cc2)c1SC. The predicted molar refractivity (Wildman–Crippen MR) is 91.4 cm³/mol. The maximum absolute atomic E-state index is 12.8. The molecule has 0 saturated heterocycles. The van der Waals surface area contributed by atoms with E-state index in [1.54, 1.807) is 32.2 Å². The number of rotatable bonds is 5. The molecular formula is C14H15BrN2O4S2. The van der Waals surface area contributed by atoms with Crippen molar-refractivity contribution in [2.24, 2.45) is 0 Å². The minimum Gasteiger partial charge on any atom is -0.462 e. The van der Waals surface area contributed by atoms with Crippen molar-refractivity contribution < 1.29 is 17.9 Å². The molecule has 9 heteroatoms. The second-order valence-corrected chi connectivity index (χ2v) is 7.97. The molecule has 0 unspecified atom stereocenters. The molecule has 0 aliphatic carbocycles. The minimum atomic E-state index is -3.89. The topological polar surface area (TPSA) is 78.3 Å². The molecule has 0 fully saturated rings. The van der Waals surface area contributed by atoms with Gasteiger partial charge in [0.25, 0.3) is 10.0 Å². The Labute approximate surface area is 147 Å². The van der Waals surface area contributed by atoms with Crippen LogP contribution in [-0.2, 0) is 14.8 Å². The lowest BCUT2D eigenvalue weighted by Crippen LogP contribution is -2.16. The van der Waals surface area contributed by atoms with E-state index < -0.39 is 16.0 Å². The van der Waals surface area contributed by atoms with Gasteiger partial charge in [-0.3, -0.25) is 0 Å². The number of esters is 1. The predicted octanol–water partition coefficient (Wildman–Crippen LogP) is 3.09. The molecule has 23 heavy (non-hydrogen) atoms. The lowest BCUT2D eigenvalue weighted by Gasteiger charge is -2.08. The number of hydrogen-bond donors (Lipinski definition) is 0. The molecule has 2 aromatic rings. The van der Waals surface area contributed by atoms with Crippen LogP contribution in [0.3, 0.4) is 0 Å². The van der Waals surface area contributed by atoms with Gasteiger partial charge in [0.1, 0.15) is 10.6 Å². The first-order chi connectivity index (χ1) is 10.8. The molecule has 1 aromatic heterocycles. The summed E-state index contributed by atoms with van der Waals surface area (Å²) < 4.78 is 32.2. The molecular weight excluding hydrogens is 404 g/mol. The van der Waals surface area contributed by atoms with Crippen LogP contribution in [0.25, 0.3) is 0 Å². The smallest absolute Gasteiger partial charge is 0.342 e. The molecule has 0 radical (unpaired) electrons. The summed E-state index contributed by atoms with van der Waals surface area (Å²) in [4.78, 5) is 12.2. The van der Waals surface area contributed by atoms with Gasteiger partial charge in [0.05, 0.1) is 17.2 Å². The largest absolute Gasteiger partial charge is 0.462 e. The first kappa shape index (κ1) is 18.0. The van der Waals surface area contributed by atoms with Crippen LogP contribution in [0.1, 0.15) is 23.0 Å². The maximum atomic E-state index is 12.8. The number of benzene rings is 1. The molecule has 0 atom stereocenters. The molecule has 0 N–H and O–H groups in total. The second-order valence-electron chi connectivity index (χ2n) is 4.49. The molecule has 6 nitrogen and oxygen atoms in total. The third-order valence-electron chi connectivity index (χ3n) is 3.00. The standard InChI is InChI=1S/C14H15BrN2O4S2/c1-4-21-14(18)12-9(2)16-17(13(12)22-3)23(19,20)11-7-5-10(15)6-8-11/h5-8H,4H2,1-3H3. The fraction of sp³-hybridized carbons (Fsp3) is 0.286. The molecule has 0 spiro atoms. The van der Waals surface area contributed by atoms with Gasteiger partial charge in [-0.2, -0.15) is 13.5 Å². The van der Waals surface area contributed by atoms with Gasteiger partial charge in [0.2, 0.25) is 0 Å². The van der Waals surface area contributed by atoms with Gasteiger partial charge in [0, 0.05) is 4.47 Å². The first-order valence-electron chi connectivity index (χ1n) is 6.64. The molecule has 124 valence electrons. The van der Waals surface area contributed by atoms with Gasteiger partial charge >= 0.3 is 5.97 Å². The van der Waals surface area contributed by atoms with Crippen molar-refractivity contribution in [2.45, 2.75) is 23.8 Å². The zero-order valence-electron chi connectivity index (χ0n) is 12.7. The Morgan fingerprint density at radius 2 is 1.96 bits per heavy atom. The summed E-state index contributed by atoms with van der Waals surface area (Å²) in [7, 11) is -3.89. The van der Waals surface area contributed by atoms with Crippen LogP contribution in [0.5, 0.6) is 0 Å². The quantitative estimate of drug-likeness (QED) is 0.548. The van der Waals surface area contributed by atoms with Gasteiger partial charge in [0.15, 0.2) is 0 Å². The van der Waals surface area contributed by atoms with E-state index in [1.165, 1.54) is 12.1 Å². The van der Waals surface area contributed by atoms with Crippen LogP contribution >= 0.6 is 27.7 Å². The van der Waals surface area contributed by atoms with E-state index in [1.807, 2.05) is 0 Å². The van der Waals surface area contributed by atoms with E-state index in [0.717, 1.165) is 20.3 Å². The van der Waals surface area contributed by atoms with Crippen molar-refractivity contribution in [3.05, 3.63) is 40.0 Å². The Balaban J connectivity index is 2.61. The Hall–Kier alpha value is -1.32. The number of nitrogens with zero attached hydrogens (tertiary/aromatic N) is 2. The Morgan fingerprint density at radius 3 is 2.48 bits per heavy atom. The molecule has 0 saturated carbocycles. The highest BCUT2D eigenvalue weighted by molar-refractivity contribution is 9.10. The van der Waals surface area contributed by atoms with Crippen LogP contribution < -0.4 is 0 Å². The molecule has 1 heterocycles. The highest BCUT2D eigenvalue weighted by Gasteiger charge is 2.29. The summed E-state index contributed by atoms with van der Waals surface area (Å²) in [5.74, 6) is -0.577. The number of thioether (sulfide) groups is 1. The van der Waals surface area contributed by atoms with E-state index in [2.05, 4.69) is 21.0 Å². The average Bonchev–Trinajstić information content (AvgIpc) is 2.85. The summed E-state index contributed by atoms with van der Waals surface area (Å²) in [6, 6.07) is 6.22. The van der Waals surface area contributed by atoms with Crippen molar-refractivity contribution >= 4 is 43.7 Å². The number of hydrogen-bond acceptors (Lipinski definition) is 6. The highest BCUT2D eigenvalue weighted by atomic mass is 79.9. The van der Waals surface area contributed by atoms with Crippen molar-refractivity contribution in [1.82, 2.24) is 9.19 Å². The Morgan fingerprint density at radius 1 is 1.35 bits per heavy atom. The fourth-order valence-electron chi connectivity index (χ4n) is 1.97. The van der Waals surface area contributed by atoms with Gasteiger partial charge in [-0.05, 0) is 44.4 Å². The van der Waals surface area contributed by atoms with Crippen molar-refractivity contribution in [1.29, 1.82) is 0 Å². The zero-order chi connectivity index (χ0) is 17.2. The maximum Gasteiger partial charge on any atom is 0.342 e. The van der Waals surface area contributed by atoms with Gasteiger partial charge in [-0.25, -0.2) is 4.79 Å². The van der Waals surface area contributed by atoms with Crippen molar-refractivity contribution in [3.8, 4) is 0 Å². The van der Waals surface area contributed by atoms with Gasteiger partial charge in [-0.1, -0.05) is 15.9 Å². The third-order valence-corrected chi connectivity index (χ3v) is 6.00. The second kappa shape index (κ2) is 7.06.